The van der Waals surface area contributed by atoms with E-state index in [1.165, 1.54) is 0 Å². The maximum absolute atomic E-state index is 9.95. The molecule has 0 bridgehead atoms. The number of phenols is 1. The summed E-state index contributed by atoms with van der Waals surface area (Å²) in [5, 5.41) is 19.8. The van der Waals surface area contributed by atoms with Crippen LogP contribution < -0.4 is 5.73 Å². The van der Waals surface area contributed by atoms with Crippen molar-refractivity contribution in [2.24, 2.45) is 11.7 Å². The molecule has 0 spiro atoms. The SMILES string of the molecule is N[C@@H](c1cc(Br)cc(Br)c1O)[C@H](O)C1CC1. The molecule has 1 fully saturated rings. The van der Waals surface area contributed by atoms with Crippen LogP contribution in [0, 0.1) is 5.92 Å². The normalized spacial score (nSPS) is 19.5. The van der Waals surface area contributed by atoms with Crippen LogP contribution in [-0.4, -0.2) is 16.3 Å². The van der Waals surface area contributed by atoms with Gasteiger partial charge in [-0.1, -0.05) is 15.9 Å². The van der Waals surface area contributed by atoms with Gasteiger partial charge < -0.3 is 15.9 Å². The van der Waals surface area contributed by atoms with Gasteiger partial charge >= 0.3 is 0 Å². The molecule has 0 unspecified atom stereocenters. The van der Waals surface area contributed by atoms with Crippen molar-refractivity contribution in [2.45, 2.75) is 25.0 Å². The van der Waals surface area contributed by atoms with Gasteiger partial charge in [-0.15, -0.1) is 0 Å². The van der Waals surface area contributed by atoms with Crippen molar-refractivity contribution in [1.82, 2.24) is 0 Å². The Hall–Kier alpha value is -0.100. The van der Waals surface area contributed by atoms with Crippen molar-refractivity contribution in [3.8, 4) is 5.75 Å². The molecule has 1 aliphatic rings. The lowest BCUT2D eigenvalue weighted by molar-refractivity contribution is 0.121. The largest absolute Gasteiger partial charge is 0.506 e. The smallest absolute Gasteiger partial charge is 0.134 e. The summed E-state index contributed by atoms with van der Waals surface area (Å²) in [6.07, 6.45) is 1.46. The van der Waals surface area contributed by atoms with E-state index in [0.29, 0.717) is 10.0 Å². The van der Waals surface area contributed by atoms with Gasteiger partial charge in [-0.3, -0.25) is 0 Å². The molecule has 1 aromatic carbocycles. The van der Waals surface area contributed by atoms with Crippen molar-refractivity contribution in [3.05, 3.63) is 26.6 Å². The van der Waals surface area contributed by atoms with E-state index in [1.54, 1.807) is 12.1 Å². The standard InChI is InChI=1S/C11H13Br2NO2/c12-6-3-7(11(16)8(13)4-6)9(14)10(15)5-1-2-5/h3-5,9-10,15-16H,1-2,14H2/t9-,10+/m0/s1. The Morgan fingerprint density at radius 1 is 1.31 bits per heavy atom. The van der Waals surface area contributed by atoms with Crippen molar-refractivity contribution < 1.29 is 10.2 Å². The summed E-state index contributed by atoms with van der Waals surface area (Å²) in [6.45, 7) is 0. The number of hydrogen-bond acceptors (Lipinski definition) is 3. The molecule has 2 atom stereocenters. The van der Waals surface area contributed by atoms with E-state index in [0.717, 1.165) is 17.3 Å². The molecule has 0 saturated heterocycles. The van der Waals surface area contributed by atoms with Crippen LogP contribution in [0.2, 0.25) is 0 Å². The number of halogens is 2. The van der Waals surface area contributed by atoms with Gasteiger partial charge in [-0.05, 0) is 46.8 Å². The van der Waals surface area contributed by atoms with Gasteiger partial charge in [0.1, 0.15) is 5.75 Å². The van der Waals surface area contributed by atoms with Gasteiger partial charge in [0.15, 0.2) is 0 Å². The lowest BCUT2D eigenvalue weighted by atomic mass is 9.98. The molecule has 1 saturated carbocycles. The van der Waals surface area contributed by atoms with Crippen LogP contribution in [0.5, 0.6) is 5.75 Å². The number of aromatic hydroxyl groups is 1. The Balaban J connectivity index is 2.31. The van der Waals surface area contributed by atoms with E-state index in [2.05, 4.69) is 31.9 Å². The number of hydrogen-bond donors (Lipinski definition) is 3. The Bertz CT molecular complexity index is 407. The number of aliphatic hydroxyl groups is 1. The molecule has 5 heteroatoms. The molecule has 3 nitrogen and oxygen atoms in total. The van der Waals surface area contributed by atoms with Gasteiger partial charge in [0.25, 0.3) is 0 Å². The molecule has 1 aliphatic carbocycles. The quantitative estimate of drug-likeness (QED) is 0.785. The molecule has 1 aromatic rings. The third kappa shape index (κ3) is 2.42. The second-order valence-corrected chi connectivity index (χ2v) is 5.95. The van der Waals surface area contributed by atoms with Gasteiger partial charge in [-0.25, -0.2) is 0 Å². The van der Waals surface area contributed by atoms with Crippen molar-refractivity contribution in [2.75, 3.05) is 0 Å². The average molecular weight is 351 g/mol. The Kier molecular flexibility index (Phi) is 3.59. The molecule has 4 N–H and O–H groups in total. The maximum Gasteiger partial charge on any atom is 0.134 e. The van der Waals surface area contributed by atoms with E-state index in [9.17, 15) is 10.2 Å². The summed E-state index contributed by atoms with van der Waals surface area (Å²) < 4.78 is 1.40. The summed E-state index contributed by atoms with van der Waals surface area (Å²) in [5.41, 5.74) is 6.54. The maximum atomic E-state index is 9.95. The first kappa shape index (κ1) is 12.4. The fourth-order valence-corrected chi connectivity index (χ4v) is 3.01. The summed E-state index contributed by atoms with van der Waals surface area (Å²) in [4.78, 5) is 0. The minimum absolute atomic E-state index is 0.107. The summed E-state index contributed by atoms with van der Waals surface area (Å²) in [6, 6.07) is 2.95. The van der Waals surface area contributed by atoms with Gasteiger partial charge in [0, 0.05) is 10.0 Å². The van der Waals surface area contributed by atoms with Crippen LogP contribution in [0.4, 0.5) is 0 Å². The molecule has 0 heterocycles. The van der Waals surface area contributed by atoms with E-state index in [4.69, 9.17) is 5.73 Å². The van der Waals surface area contributed by atoms with Gasteiger partial charge in [0.2, 0.25) is 0 Å². The van der Waals surface area contributed by atoms with Crippen LogP contribution in [0.15, 0.2) is 21.1 Å². The minimum atomic E-state index is -0.577. The monoisotopic (exact) mass is 349 g/mol. The Morgan fingerprint density at radius 2 is 1.94 bits per heavy atom. The van der Waals surface area contributed by atoms with E-state index >= 15 is 0 Å². The average Bonchev–Trinajstić information content (AvgIpc) is 3.05. The number of aliphatic hydroxyl groups excluding tert-OH is 1. The second kappa shape index (κ2) is 4.64. The molecule has 0 aliphatic heterocycles. The lowest BCUT2D eigenvalue weighted by Crippen LogP contribution is -2.28. The van der Waals surface area contributed by atoms with Crippen LogP contribution in [0.25, 0.3) is 0 Å². The second-order valence-electron chi connectivity index (χ2n) is 4.18. The zero-order chi connectivity index (χ0) is 11.9. The summed E-state index contributed by atoms with van der Waals surface area (Å²) >= 11 is 6.59. The lowest BCUT2D eigenvalue weighted by Gasteiger charge is -2.20. The highest BCUT2D eigenvalue weighted by Crippen LogP contribution is 2.41. The molecule has 0 amide bonds. The van der Waals surface area contributed by atoms with Crippen LogP contribution >= 0.6 is 31.9 Å². The van der Waals surface area contributed by atoms with Crippen LogP contribution in [0.1, 0.15) is 24.4 Å². The highest BCUT2D eigenvalue weighted by Gasteiger charge is 2.35. The zero-order valence-electron chi connectivity index (χ0n) is 8.53. The Morgan fingerprint density at radius 3 is 2.50 bits per heavy atom. The van der Waals surface area contributed by atoms with E-state index in [1.807, 2.05) is 0 Å². The molecule has 2 rings (SSSR count). The number of phenolic OH excluding ortho intramolecular Hbond substituents is 1. The topological polar surface area (TPSA) is 66.5 Å². The molecule has 0 radical (unpaired) electrons. The number of rotatable bonds is 3. The first-order valence-corrected chi connectivity index (χ1v) is 6.71. The third-order valence-corrected chi connectivity index (χ3v) is 3.95. The predicted octanol–water partition coefficient (Wildman–Crippen LogP) is 2.69. The molecular formula is C11H13Br2NO2. The molecular weight excluding hydrogens is 338 g/mol. The zero-order valence-corrected chi connectivity index (χ0v) is 11.7. The fraction of sp³-hybridized carbons (Fsp3) is 0.455. The first-order valence-electron chi connectivity index (χ1n) is 5.12. The van der Waals surface area contributed by atoms with Gasteiger partial charge in [-0.2, -0.15) is 0 Å². The predicted molar refractivity (Wildman–Crippen MR) is 69.2 cm³/mol. The van der Waals surface area contributed by atoms with Gasteiger partial charge in [0.05, 0.1) is 16.6 Å². The molecule has 88 valence electrons. The van der Waals surface area contributed by atoms with E-state index < -0.39 is 12.1 Å². The number of nitrogens with two attached hydrogens (primary N) is 1. The highest BCUT2D eigenvalue weighted by atomic mass is 79.9. The Labute approximate surface area is 111 Å². The van der Waals surface area contributed by atoms with Crippen molar-refractivity contribution in [1.29, 1.82) is 0 Å². The summed E-state index contributed by atoms with van der Waals surface area (Å²) in [7, 11) is 0. The number of benzene rings is 1. The van der Waals surface area contributed by atoms with Crippen molar-refractivity contribution in [3.63, 3.8) is 0 Å². The fourth-order valence-electron chi connectivity index (χ4n) is 1.75. The minimum Gasteiger partial charge on any atom is -0.506 e. The van der Waals surface area contributed by atoms with Crippen LogP contribution in [0.3, 0.4) is 0 Å². The first-order chi connectivity index (χ1) is 7.50. The van der Waals surface area contributed by atoms with Crippen LogP contribution in [-0.2, 0) is 0 Å². The third-order valence-electron chi connectivity index (χ3n) is 2.89. The van der Waals surface area contributed by atoms with Crippen molar-refractivity contribution >= 4 is 31.9 Å². The molecule has 16 heavy (non-hydrogen) atoms. The van der Waals surface area contributed by atoms with E-state index in [-0.39, 0.29) is 11.7 Å². The highest BCUT2D eigenvalue weighted by molar-refractivity contribution is 9.11. The summed E-state index contributed by atoms with van der Waals surface area (Å²) in [5.74, 6) is 0.391. The molecule has 0 aromatic heterocycles.